The minimum Gasteiger partial charge on any atom is -0.465 e. The lowest BCUT2D eigenvalue weighted by atomic mass is 10.1. The number of hydrogen-bond donors (Lipinski definition) is 2. The third-order valence-electron chi connectivity index (χ3n) is 4.30. The highest BCUT2D eigenvalue weighted by atomic mass is 16.5. The Morgan fingerprint density at radius 3 is 2.77 bits per heavy atom. The van der Waals surface area contributed by atoms with Crippen molar-refractivity contribution in [3.8, 4) is 16.9 Å². The smallest absolute Gasteiger partial charge is 0.341 e. The van der Waals surface area contributed by atoms with Crippen LogP contribution >= 0.6 is 0 Å². The summed E-state index contributed by atoms with van der Waals surface area (Å²) in [6, 6.07) is 7.02. The predicted octanol–water partition coefficient (Wildman–Crippen LogP) is 1.60. The number of pyridine rings is 2. The summed E-state index contributed by atoms with van der Waals surface area (Å²) in [7, 11) is 1.26. The summed E-state index contributed by atoms with van der Waals surface area (Å²) in [5, 5.41) is 7.15. The maximum Gasteiger partial charge on any atom is 0.341 e. The van der Waals surface area contributed by atoms with E-state index in [1.165, 1.54) is 13.2 Å². The molecule has 0 atom stereocenters. The number of rotatable bonds is 2. The molecule has 1 aromatic heterocycles. The van der Waals surface area contributed by atoms with Crippen molar-refractivity contribution in [2.45, 2.75) is 6.92 Å². The first kappa shape index (κ1) is 15.8. The maximum atomic E-state index is 12.1. The van der Waals surface area contributed by atoms with Crippen molar-refractivity contribution in [1.82, 2.24) is 19.7 Å². The lowest BCUT2D eigenvalue weighted by molar-refractivity contribution is 0.0600. The van der Waals surface area contributed by atoms with Crippen molar-refractivity contribution >= 4 is 16.9 Å². The number of methoxy groups -OCH3 is 1. The minimum absolute atomic E-state index is 0.168. The zero-order valence-corrected chi connectivity index (χ0v) is 14.0. The van der Waals surface area contributed by atoms with Crippen LogP contribution in [0.5, 0.6) is 0 Å². The molecule has 2 aromatic rings. The van der Waals surface area contributed by atoms with E-state index in [-0.39, 0.29) is 22.4 Å². The number of hydrogen-bond acceptors (Lipinski definition) is 5. The van der Waals surface area contributed by atoms with Gasteiger partial charge in [-0.05, 0) is 24.6 Å². The molecule has 0 fully saturated rings. The normalized spacial score (nSPS) is 11.2. The van der Waals surface area contributed by atoms with Gasteiger partial charge in [-0.1, -0.05) is 6.07 Å². The molecule has 8 nitrogen and oxygen atoms in total. The number of benzene rings is 1. The highest BCUT2D eigenvalue weighted by Gasteiger charge is 2.22. The summed E-state index contributed by atoms with van der Waals surface area (Å²) in [6.07, 6.45) is 3.13. The van der Waals surface area contributed by atoms with Crippen molar-refractivity contribution in [3.05, 3.63) is 68.5 Å². The van der Waals surface area contributed by atoms with Gasteiger partial charge in [-0.2, -0.15) is 5.10 Å². The topological polar surface area (TPSA) is 110 Å². The molecule has 0 saturated carbocycles. The molecule has 0 spiro atoms. The largest absolute Gasteiger partial charge is 0.465 e. The molecule has 1 aromatic carbocycles. The van der Waals surface area contributed by atoms with E-state index in [1.54, 1.807) is 23.0 Å². The maximum absolute atomic E-state index is 12.1. The van der Waals surface area contributed by atoms with Gasteiger partial charge in [0, 0.05) is 29.5 Å². The number of carbonyl (C=O) groups excluding carboxylic acids is 1. The SMILES string of the molecule is COC(=O)c1cn(-c2ccc3c(C)cc(=O)[nH]c3c2)cc2c(=O)[nH]nc1-2. The van der Waals surface area contributed by atoms with Gasteiger partial charge in [0.25, 0.3) is 5.56 Å². The fraction of sp³-hybridized carbons (Fsp3) is 0.111. The molecule has 0 saturated heterocycles. The number of H-pyrrole nitrogens is 2. The number of fused-ring (bicyclic) bond motifs is 2. The van der Waals surface area contributed by atoms with Gasteiger partial charge < -0.3 is 14.3 Å². The second-order valence-corrected chi connectivity index (χ2v) is 5.93. The predicted molar refractivity (Wildman–Crippen MR) is 95.0 cm³/mol. The molecule has 0 unspecified atom stereocenters. The summed E-state index contributed by atoms with van der Waals surface area (Å²) in [6.45, 7) is 1.86. The van der Waals surface area contributed by atoms with Crippen LogP contribution in [0.2, 0.25) is 0 Å². The lowest BCUT2D eigenvalue weighted by Gasteiger charge is -2.13. The number of aromatic amines is 2. The Hall–Kier alpha value is -3.68. The minimum atomic E-state index is -0.596. The van der Waals surface area contributed by atoms with Crippen molar-refractivity contribution in [2.24, 2.45) is 0 Å². The lowest BCUT2D eigenvalue weighted by Crippen LogP contribution is -2.11. The third kappa shape index (κ3) is 2.39. The quantitative estimate of drug-likeness (QED) is 0.534. The van der Waals surface area contributed by atoms with Crippen LogP contribution in [0.4, 0.5) is 0 Å². The molecule has 4 rings (SSSR count). The van der Waals surface area contributed by atoms with Gasteiger partial charge in [0.05, 0.1) is 18.2 Å². The van der Waals surface area contributed by atoms with E-state index in [4.69, 9.17) is 4.74 Å². The number of nitrogens with one attached hydrogen (secondary N) is 2. The third-order valence-corrected chi connectivity index (χ3v) is 4.30. The molecule has 0 radical (unpaired) electrons. The van der Waals surface area contributed by atoms with E-state index in [0.29, 0.717) is 11.2 Å². The Kier molecular flexibility index (Phi) is 3.47. The summed E-state index contributed by atoms with van der Waals surface area (Å²) >= 11 is 0. The molecule has 2 aliphatic rings. The highest BCUT2D eigenvalue weighted by Crippen LogP contribution is 2.24. The number of nitrogens with zero attached hydrogens (tertiary/aromatic N) is 2. The van der Waals surface area contributed by atoms with Gasteiger partial charge in [0.15, 0.2) is 0 Å². The van der Waals surface area contributed by atoms with Gasteiger partial charge >= 0.3 is 5.97 Å². The molecule has 0 bridgehead atoms. The molecule has 0 aliphatic carbocycles. The number of aromatic nitrogens is 4. The Labute approximate surface area is 146 Å². The van der Waals surface area contributed by atoms with Crippen LogP contribution in [0.3, 0.4) is 0 Å². The number of aryl methyl sites for hydroxylation is 1. The van der Waals surface area contributed by atoms with Gasteiger partial charge in [0.2, 0.25) is 5.56 Å². The fourth-order valence-electron chi connectivity index (χ4n) is 3.03. The van der Waals surface area contributed by atoms with E-state index in [1.807, 2.05) is 19.1 Å². The van der Waals surface area contributed by atoms with E-state index < -0.39 is 11.5 Å². The van der Waals surface area contributed by atoms with Crippen molar-refractivity contribution in [1.29, 1.82) is 0 Å². The van der Waals surface area contributed by atoms with E-state index >= 15 is 0 Å². The van der Waals surface area contributed by atoms with Crippen LogP contribution < -0.4 is 11.1 Å². The van der Waals surface area contributed by atoms with Crippen LogP contribution in [0, 0.1) is 6.92 Å². The Bertz CT molecular complexity index is 1250. The first-order valence-electron chi connectivity index (χ1n) is 7.80. The van der Waals surface area contributed by atoms with Gasteiger partial charge in [-0.3, -0.25) is 9.59 Å². The monoisotopic (exact) mass is 350 g/mol. The fourth-order valence-corrected chi connectivity index (χ4v) is 3.03. The molecule has 0 amide bonds. The Morgan fingerprint density at radius 1 is 1.19 bits per heavy atom. The average molecular weight is 350 g/mol. The van der Waals surface area contributed by atoms with Crippen molar-refractivity contribution in [2.75, 3.05) is 7.11 Å². The summed E-state index contributed by atoms with van der Waals surface area (Å²) in [5.41, 5.74) is 2.29. The molecule has 130 valence electrons. The van der Waals surface area contributed by atoms with Crippen LogP contribution in [-0.4, -0.2) is 32.8 Å². The van der Waals surface area contributed by atoms with E-state index in [9.17, 15) is 14.4 Å². The van der Waals surface area contributed by atoms with Crippen LogP contribution in [-0.2, 0) is 4.74 Å². The molecular formula is C18H14N4O4. The molecule has 2 aliphatic heterocycles. The van der Waals surface area contributed by atoms with Crippen LogP contribution in [0.15, 0.2) is 46.2 Å². The molecule has 2 N–H and O–H groups in total. The summed E-state index contributed by atoms with van der Waals surface area (Å²) in [5.74, 6) is -0.596. The average Bonchev–Trinajstić information content (AvgIpc) is 3.00. The summed E-state index contributed by atoms with van der Waals surface area (Å²) < 4.78 is 6.42. The van der Waals surface area contributed by atoms with Crippen LogP contribution in [0.25, 0.3) is 27.8 Å². The number of carbonyl (C=O) groups is 1. The Morgan fingerprint density at radius 2 is 2.00 bits per heavy atom. The molecule has 26 heavy (non-hydrogen) atoms. The number of ether oxygens (including phenoxy) is 1. The zero-order valence-electron chi connectivity index (χ0n) is 14.0. The van der Waals surface area contributed by atoms with Crippen LogP contribution in [0.1, 0.15) is 15.9 Å². The van der Waals surface area contributed by atoms with Crippen molar-refractivity contribution < 1.29 is 9.53 Å². The highest BCUT2D eigenvalue weighted by molar-refractivity contribution is 5.96. The van der Waals surface area contributed by atoms with Gasteiger partial charge in [-0.15, -0.1) is 0 Å². The first-order valence-corrected chi connectivity index (χ1v) is 7.80. The molecule has 8 heteroatoms. The summed E-state index contributed by atoms with van der Waals surface area (Å²) in [4.78, 5) is 38.6. The second-order valence-electron chi connectivity index (χ2n) is 5.93. The number of esters is 1. The zero-order chi connectivity index (χ0) is 18.4. The van der Waals surface area contributed by atoms with Crippen molar-refractivity contribution in [3.63, 3.8) is 0 Å². The standard InChI is InChI=1S/C18H14N4O4/c1-9-5-15(23)19-14-6-10(3-4-11(9)14)22-7-12-16(20-21-17(12)24)13(8-22)18(25)26-2/h3-8H,1-2H3,(H,19,23)(H,21,24). The van der Waals surface area contributed by atoms with Gasteiger partial charge in [0.1, 0.15) is 11.3 Å². The molecule has 3 heterocycles. The Balaban J connectivity index is 1.99. The van der Waals surface area contributed by atoms with E-state index in [0.717, 1.165) is 10.9 Å². The molecular weight excluding hydrogens is 336 g/mol. The van der Waals surface area contributed by atoms with Gasteiger partial charge in [-0.25, -0.2) is 9.89 Å². The first-order chi connectivity index (χ1) is 12.5. The van der Waals surface area contributed by atoms with E-state index in [2.05, 4.69) is 15.2 Å². The second kappa shape index (κ2) is 5.69.